The highest BCUT2D eigenvalue weighted by atomic mass is 16.5. The molecule has 0 heterocycles. The van der Waals surface area contributed by atoms with Gasteiger partial charge in [-0.2, -0.15) is 0 Å². The van der Waals surface area contributed by atoms with Crippen LogP contribution in [0.25, 0.3) is 0 Å². The molecule has 1 N–H and O–H groups in total. The number of terminal acetylenes is 1. The molecule has 0 aliphatic heterocycles. The summed E-state index contributed by atoms with van der Waals surface area (Å²) < 4.78 is 5.59. The monoisotopic (exact) mass is 245 g/mol. The average molecular weight is 245 g/mol. The van der Waals surface area contributed by atoms with Crippen LogP contribution in [0.5, 0.6) is 5.75 Å². The third-order valence-corrected chi connectivity index (χ3v) is 2.48. The molecule has 0 bridgehead atoms. The molecule has 0 saturated carbocycles. The van der Waals surface area contributed by atoms with Crippen molar-refractivity contribution in [2.75, 3.05) is 6.61 Å². The Bertz CT molecular complexity index is 381. The molecule has 1 aromatic carbocycles. The van der Waals surface area contributed by atoms with E-state index in [9.17, 15) is 0 Å². The van der Waals surface area contributed by atoms with E-state index in [1.54, 1.807) is 0 Å². The summed E-state index contributed by atoms with van der Waals surface area (Å²) in [5, 5.41) is 3.45. The van der Waals surface area contributed by atoms with Crippen LogP contribution in [0.3, 0.4) is 0 Å². The van der Waals surface area contributed by atoms with E-state index in [0.29, 0.717) is 6.61 Å². The van der Waals surface area contributed by atoms with E-state index in [4.69, 9.17) is 11.2 Å². The molecular weight excluding hydrogens is 222 g/mol. The first-order valence-electron chi connectivity index (χ1n) is 6.41. The van der Waals surface area contributed by atoms with E-state index in [0.717, 1.165) is 25.1 Å². The van der Waals surface area contributed by atoms with E-state index in [1.165, 1.54) is 5.56 Å². The quantitative estimate of drug-likeness (QED) is 0.613. The van der Waals surface area contributed by atoms with Crippen molar-refractivity contribution in [1.82, 2.24) is 5.32 Å². The zero-order chi connectivity index (χ0) is 13.4. The zero-order valence-corrected chi connectivity index (χ0v) is 11.6. The molecule has 0 aliphatic rings. The SMILES string of the molecule is C#CCCCOc1ccc(CNC(C)(C)C)cc1. The van der Waals surface area contributed by atoms with E-state index in [1.807, 2.05) is 12.1 Å². The Labute approximate surface area is 111 Å². The van der Waals surface area contributed by atoms with Crippen LogP contribution in [0.4, 0.5) is 0 Å². The van der Waals surface area contributed by atoms with Gasteiger partial charge in [0.1, 0.15) is 5.75 Å². The molecular formula is C16H23NO. The smallest absolute Gasteiger partial charge is 0.119 e. The summed E-state index contributed by atoms with van der Waals surface area (Å²) in [7, 11) is 0. The van der Waals surface area contributed by atoms with Gasteiger partial charge in [0, 0.05) is 18.5 Å². The van der Waals surface area contributed by atoms with Gasteiger partial charge in [-0.05, 0) is 44.9 Å². The number of nitrogens with one attached hydrogen (secondary N) is 1. The van der Waals surface area contributed by atoms with Crippen LogP contribution in [0.15, 0.2) is 24.3 Å². The zero-order valence-electron chi connectivity index (χ0n) is 11.6. The molecule has 98 valence electrons. The predicted octanol–water partition coefficient (Wildman–Crippen LogP) is 3.37. The molecule has 1 rings (SSSR count). The van der Waals surface area contributed by atoms with Crippen molar-refractivity contribution >= 4 is 0 Å². The Morgan fingerprint density at radius 1 is 1.22 bits per heavy atom. The Balaban J connectivity index is 2.36. The molecule has 0 unspecified atom stereocenters. The fraction of sp³-hybridized carbons (Fsp3) is 0.500. The highest BCUT2D eigenvalue weighted by molar-refractivity contribution is 5.27. The number of unbranched alkanes of at least 4 members (excludes halogenated alkanes) is 1. The lowest BCUT2D eigenvalue weighted by atomic mass is 10.1. The molecule has 0 radical (unpaired) electrons. The minimum Gasteiger partial charge on any atom is -0.494 e. The third kappa shape index (κ3) is 6.32. The maximum atomic E-state index is 5.59. The molecule has 0 fully saturated rings. The fourth-order valence-electron chi connectivity index (χ4n) is 1.44. The lowest BCUT2D eigenvalue weighted by Gasteiger charge is -2.20. The summed E-state index contributed by atoms with van der Waals surface area (Å²) >= 11 is 0. The fourth-order valence-corrected chi connectivity index (χ4v) is 1.44. The van der Waals surface area contributed by atoms with E-state index in [-0.39, 0.29) is 5.54 Å². The first kappa shape index (κ1) is 14.6. The van der Waals surface area contributed by atoms with Crippen LogP contribution < -0.4 is 10.1 Å². The number of benzene rings is 1. The van der Waals surface area contributed by atoms with Gasteiger partial charge in [-0.15, -0.1) is 12.3 Å². The van der Waals surface area contributed by atoms with Gasteiger partial charge < -0.3 is 10.1 Å². The van der Waals surface area contributed by atoms with Crippen molar-refractivity contribution in [2.45, 2.75) is 45.7 Å². The van der Waals surface area contributed by atoms with Crippen molar-refractivity contribution in [3.63, 3.8) is 0 Å². The lowest BCUT2D eigenvalue weighted by Crippen LogP contribution is -2.35. The van der Waals surface area contributed by atoms with Crippen molar-refractivity contribution in [3.05, 3.63) is 29.8 Å². The summed E-state index contributed by atoms with van der Waals surface area (Å²) in [6, 6.07) is 8.20. The van der Waals surface area contributed by atoms with E-state index < -0.39 is 0 Å². The summed E-state index contributed by atoms with van der Waals surface area (Å²) in [5.74, 6) is 3.51. The Kier molecular flexibility index (Phi) is 5.74. The highest BCUT2D eigenvalue weighted by Crippen LogP contribution is 2.13. The number of hydrogen-bond donors (Lipinski definition) is 1. The van der Waals surface area contributed by atoms with Gasteiger partial charge in [-0.3, -0.25) is 0 Å². The lowest BCUT2D eigenvalue weighted by molar-refractivity contribution is 0.313. The largest absolute Gasteiger partial charge is 0.494 e. The van der Waals surface area contributed by atoms with Crippen LogP contribution in [-0.4, -0.2) is 12.1 Å². The van der Waals surface area contributed by atoms with E-state index in [2.05, 4.69) is 44.1 Å². The maximum absolute atomic E-state index is 5.59. The van der Waals surface area contributed by atoms with Crippen LogP contribution >= 0.6 is 0 Å². The molecule has 1 aromatic rings. The Morgan fingerprint density at radius 2 is 1.89 bits per heavy atom. The first-order valence-corrected chi connectivity index (χ1v) is 6.41. The molecule has 0 aromatic heterocycles. The van der Waals surface area contributed by atoms with Gasteiger partial charge in [-0.1, -0.05) is 12.1 Å². The second-order valence-electron chi connectivity index (χ2n) is 5.40. The first-order chi connectivity index (χ1) is 8.51. The van der Waals surface area contributed by atoms with Crippen molar-refractivity contribution in [1.29, 1.82) is 0 Å². The molecule has 0 atom stereocenters. The van der Waals surface area contributed by atoms with Gasteiger partial charge in [0.15, 0.2) is 0 Å². The second-order valence-corrected chi connectivity index (χ2v) is 5.40. The van der Waals surface area contributed by atoms with Crippen molar-refractivity contribution in [3.8, 4) is 18.1 Å². The third-order valence-electron chi connectivity index (χ3n) is 2.48. The predicted molar refractivity (Wildman–Crippen MR) is 76.6 cm³/mol. The van der Waals surface area contributed by atoms with Gasteiger partial charge in [0.2, 0.25) is 0 Å². The number of ether oxygens (including phenoxy) is 1. The molecule has 0 spiro atoms. The Hall–Kier alpha value is -1.46. The van der Waals surface area contributed by atoms with Gasteiger partial charge in [0.25, 0.3) is 0 Å². The maximum Gasteiger partial charge on any atom is 0.119 e. The average Bonchev–Trinajstić information content (AvgIpc) is 2.33. The van der Waals surface area contributed by atoms with Gasteiger partial charge in [-0.25, -0.2) is 0 Å². The summed E-state index contributed by atoms with van der Waals surface area (Å²) in [5.41, 5.74) is 1.41. The minimum atomic E-state index is 0.143. The molecule has 0 aliphatic carbocycles. The standard InChI is InChI=1S/C16H23NO/c1-5-6-7-12-18-15-10-8-14(9-11-15)13-17-16(2,3)4/h1,8-11,17H,6-7,12-13H2,2-4H3. The van der Waals surface area contributed by atoms with Gasteiger partial charge >= 0.3 is 0 Å². The molecule has 0 amide bonds. The summed E-state index contributed by atoms with van der Waals surface area (Å²) in [6.45, 7) is 8.05. The number of rotatable bonds is 6. The Morgan fingerprint density at radius 3 is 2.44 bits per heavy atom. The van der Waals surface area contributed by atoms with Gasteiger partial charge in [0.05, 0.1) is 6.61 Å². The molecule has 2 nitrogen and oxygen atoms in total. The highest BCUT2D eigenvalue weighted by Gasteiger charge is 2.07. The summed E-state index contributed by atoms with van der Waals surface area (Å²) in [4.78, 5) is 0. The van der Waals surface area contributed by atoms with Crippen LogP contribution in [0.1, 0.15) is 39.2 Å². The van der Waals surface area contributed by atoms with Crippen molar-refractivity contribution in [2.24, 2.45) is 0 Å². The van der Waals surface area contributed by atoms with Crippen molar-refractivity contribution < 1.29 is 4.74 Å². The van der Waals surface area contributed by atoms with Crippen LogP contribution in [-0.2, 0) is 6.54 Å². The van der Waals surface area contributed by atoms with Crippen LogP contribution in [0, 0.1) is 12.3 Å². The topological polar surface area (TPSA) is 21.3 Å². The van der Waals surface area contributed by atoms with Crippen LogP contribution in [0.2, 0.25) is 0 Å². The molecule has 2 heteroatoms. The molecule has 18 heavy (non-hydrogen) atoms. The second kappa shape index (κ2) is 7.08. The summed E-state index contributed by atoms with van der Waals surface area (Å²) in [6.07, 6.45) is 6.86. The van der Waals surface area contributed by atoms with E-state index >= 15 is 0 Å². The number of hydrogen-bond acceptors (Lipinski definition) is 2. The normalized spacial score (nSPS) is 11.0. The molecule has 0 saturated heterocycles. The minimum absolute atomic E-state index is 0.143.